The molecule has 0 fully saturated rings. The van der Waals surface area contributed by atoms with Crippen molar-refractivity contribution in [2.24, 2.45) is 5.92 Å². The van der Waals surface area contributed by atoms with Gasteiger partial charge in [-0.1, -0.05) is 43.7 Å². The molecule has 0 bridgehead atoms. The third-order valence-electron chi connectivity index (χ3n) is 6.19. The zero-order valence-corrected chi connectivity index (χ0v) is 22.3. The summed E-state index contributed by atoms with van der Waals surface area (Å²) in [7, 11) is -3.87. The van der Waals surface area contributed by atoms with Gasteiger partial charge in [-0.3, -0.25) is 4.79 Å². The van der Waals surface area contributed by atoms with Crippen molar-refractivity contribution < 1.29 is 22.3 Å². The van der Waals surface area contributed by atoms with Gasteiger partial charge in [0, 0.05) is 18.0 Å². The van der Waals surface area contributed by atoms with Crippen LogP contribution in [0.5, 0.6) is 5.75 Å². The van der Waals surface area contributed by atoms with E-state index in [9.17, 15) is 17.6 Å². The molecule has 1 aromatic heterocycles. The molecule has 36 heavy (non-hydrogen) atoms. The molecule has 1 aliphatic rings. The molecule has 0 saturated carbocycles. The molecule has 0 radical (unpaired) electrons. The fourth-order valence-corrected chi connectivity index (χ4v) is 6.84. The number of fused-ring (bicyclic) bond motifs is 1. The monoisotopic (exact) mass is 530 g/mol. The molecule has 1 atom stereocenters. The summed E-state index contributed by atoms with van der Waals surface area (Å²) in [6.45, 7) is 6.20. The third-order valence-corrected chi connectivity index (χ3v) is 9.01. The first-order valence-electron chi connectivity index (χ1n) is 12.0. The summed E-state index contributed by atoms with van der Waals surface area (Å²) in [4.78, 5) is 16.6. The van der Waals surface area contributed by atoms with Gasteiger partial charge in [0.15, 0.2) is 11.6 Å². The van der Waals surface area contributed by atoms with Gasteiger partial charge in [-0.25, -0.2) is 12.8 Å². The van der Waals surface area contributed by atoms with Crippen LogP contribution in [0, 0.1) is 18.7 Å². The maximum absolute atomic E-state index is 14.2. The maximum Gasteiger partial charge on any atom is 0.243 e. The largest absolute Gasteiger partial charge is 0.488 e. The number of benzene rings is 2. The molecule has 2 heterocycles. The van der Waals surface area contributed by atoms with Crippen LogP contribution in [0.4, 0.5) is 4.39 Å². The van der Waals surface area contributed by atoms with Crippen molar-refractivity contribution in [2.45, 2.75) is 38.1 Å². The van der Waals surface area contributed by atoms with Crippen LogP contribution in [0.15, 0.2) is 64.9 Å². The topological polar surface area (TPSA) is 66.9 Å². The minimum Gasteiger partial charge on any atom is -0.488 e. The Labute approximate surface area is 216 Å². The van der Waals surface area contributed by atoms with Crippen molar-refractivity contribution >= 4 is 27.3 Å². The van der Waals surface area contributed by atoms with E-state index in [0.717, 1.165) is 16.0 Å². The van der Waals surface area contributed by atoms with E-state index in [4.69, 9.17) is 4.74 Å². The smallest absolute Gasteiger partial charge is 0.243 e. The van der Waals surface area contributed by atoms with Crippen molar-refractivity contribution in [1.29, 1.82) is 0 Å². The van der Waals surface area contributed by atoms with Gasteiger partial charge < -0.3 is 9.64 Å². The molecule has 0 N–H and O–H groups in total. The number of thiophene rings is 1. The summed E-state index contributed by atoms with van der Waals surface area (Å²) in [6, 6.07) is 14.3. The van der Waals surface area contributed by atoms with Crippen molar-refractivity contribution in [2.75, 3.05) is 26.2 Å². The van der Waals surface area contributed by atoms with Crippen molar-refractivity contribution in [3.05, 3.63) is 81.8 Å². The highest BCUT2D eigenvalue weighted by atomic mass is 32.2. The SMILES string of the molecule is Cc1ccc(S(=O)(=O)N(CC(=O)N2CCc3sccc3[C@@H]2COc2ccccc2F)CC(C)C)cc1. The molecule has 2 aromatic carbocycles. The van der Waals surface area contributed by atoms with E-state index in [1.54, 1.807) is 58.7 Å². The van der Waals surface area contributed by atoms with Gasteiger partial charge in [0.2, 0.25) is 15.9 Å². The zero-order chi connectivity index (χ0) is 25.9. The number of carbonyl (C=O) groups excluding carboxylic acids is 1. The first-order valence-corrected chi connectivity index (χ1v) is 14.3. The molecule has 0 saturated heterocycles. The Bertz CT molecular complexity index is 1310. The maximum atomic E-state index is 14.2. The number of nitrogens with zero attached hydrogens (tertiary/aromatic N) is 2. The average molecular weight is 531 g/mol. The molecule has 4 rings (SSSR count). The second kappa shape index (κ2) is 11.1. The molecule has 0 aliphatic carbocycles. The minimum absolute atomic E-state index is 0.0306. The highest BCUT2D eigenvalue weighted by molar-refractivity contribution is 7.89. The second-order valence-corrected chi connectivity index (χ2v) is 12.3. The van der Waals surface area contributed by atoms with E-state index in [1.807, 2.05) is 32.2 Å². The zero-order valence-electron chi connectivity index (χ0n) is 20.7. The summed E-state index contributed by atoms with van der Waals surface area (Å²) in [5.41, 5.74) is 1.92. The van der Waals surface area contributed by atoms with Crippen LogP contribution in [0.3, 0.4) is 0 Å². The Balaban J connectivity index is 1.58. The van der Waals surface area contributed by atoms with Crippen molar-refractivity contribution in [3.63, 3.8) is 0 Å². The number of para-hydroxylation sites is 1. The van der Waals surface area contributed by atoms with Gasteiger partial charge >= 0.3 is 0 Å². The third kappa shape index (κ3) is 5.79. The van der Waals surface area contributed by atoms with E-state index < -0.39 is 21.9 Å². The molecule has 192 valence electrons. The Morgan fingerprint density at radius 1 is 1.17 bits per heavy atom. The second-order valence-electron chi connectivity index (χ2n) is 9.40. The van der Waals surface area contributed by atoms with Crippen LogP contribution in [-0.2, 0) is 21.2 Å². The molecule has 0 spiro atoms. The highest BCUT2D eigenvalue weighted by Crippen LogP contribution is 2.34. The van der Waals surface area contributed by atoms with Crippen LogP contribution < -0.4 is 4.74 Å². The van der Waals surface area contributed by atoms with E-state index in [2.05, 4.69) is 0 Å². The van der Waals surface area contributed by atoms with Crippen LogP contribution in [0.2, 0.25) is 0 Å². The van der Waals surface area contributed by atoms with E-state index in [1.165, 1.54) is 10.4 Å². The number of sulfonamides is 1. The average Bonchev–Trinajstić information content (AvgIpc) is 3.32. The molecule has 0 unspecified atom stereocenters. The van der Waals surface area contributed by atoms with Gasteiger partial charge in [-0.2, -0.15) is 4.31 Å². The molecule has 9 heteroatoms. The highest BCUT2D eigenvalue weighted by Gasteiger charge is 2.35. The lowest BCUT2D eigenvalue weighted by Gasteiger charge is -2.37. The van der Waals surface area contributed by atoms with Gasteiger partial charge in [0.05, 0.1) is 17.5 Å². The summed E-state index contributed by atoms with van der Waals surface area (Å²) in [5.74, 6) is -0.618. The van der Waals surface area contributed by atoms with Gasteiger partial charge in [-0.05, 0) is 60.5 Å². The molecular formula is C27H31FN2O4S2. The van der Waals surface area contributed by atoms with Crippen LogP contribution in [-0.4, -0.2) is 49.8 Å². The van der Waals surface area contributed by atoms with Crippen molar-refractivity contribution in [3.8, 4) is 5.75 Å². The number of aryl methyl sites for hydroxylation is 1. The van der Waals surface area contributed by atoms with Crippen LogP contribution in [0.25, 0.3) is 0 Å². The summed E-state index contributed by atoms with van der Waals surface area (Å²) in [5, 5.41) is 1.97. The molecule has 3 aromatic rings. The predicted molar refractivity (Wildman–Crippen MR) is 139 cm³/mol. The Kier molecular flexibility index (Phi) is 8.12. The molecule has 1 aliphatic heterocycles. The predicted octanol–water partition coefficient (Wildman–Crippen LogP) is 5.05. The number of hydrogen-bond donors (Lipinski definition) is 0. The first kappa shape index (κ1) is 26.3. The van der Waals surface area contributed by atoms with E-state index in [-0.39, 0.29) is 42.2 Å². The lowest BCUT2D eigenvalue weighted by atomic mass is 10.0. The van der Waals surface area contributed by atoms with Gasteiger partial charge in [0.25, 0.3) is 0 Å². The standard InChI is InChI=1S/C27H31FN2O4S2/c1-19(2)16-29(36(32,33)21-10-8-20(3)9-11-21)17-27(31)30-14-12-26-22(13-15-35-26)24(30)18-34-25-7-5-4-6-23(25)28/h4-11,13,15,19,24H,12,14,16-18H2,1-3H3/t24-/m0/s1. The quantitative estimate of drug-likeness (QED) is 0.389. The fourth-order valence-electron chi connectivity index (χ4n) is 4.36. The fraction of sp³-hybridized carbons (Fsp3) is 0.370. The Hall–Kier alpha value is -2.75. The minimum atomic E-state index is -3.87. The van der Waals surface area contributed by atoms with E-state index in [0.29, 0.717) is 13.0 Å². The summed E-state index contributed by atoms with van der Waals surface area (Å²) < 4.78 is 48.2. The molecular weight excluding hydrogens is 499 g/mol. The van der Waals surface area contributed by atoms with Gasteiger partial charge in [0.1, 0.15) is 6.61 Å². The Morgan fingerprint density at radius 2 is 1.89 bits per heavy atom. The van der Waals surface area contributed by atoms with Crippen LogP contribution in [0.1, 0.15) is 35.9 Å². The van der Waals surface area contributed by atoms with Gasteiger partial charge in [-0.15, -0.1) is 11.3 Å². The molecule has 1 amide bonds. The number of ether oxygens (including phenoxy) is 1. The first-order chi connectivity index (χ1) is 17.2. The lowest BCUT2D eigenvalue weighted by molar-refractivity contribution is -0.135. The van der Waals surface area contributed by atoms with Crippen LogP contribution >= 0.6 is 11.3 Å². The normalized spacial score (nSPS) is 15.8. The number of amides is 1. The lowest BCUT2D eigenvalue weighted by Crippen LogP contribution is -2.48. The summed E-state index contributed by atoms with van der Waals surface area (Å²) >= 11 is 1.62. The number of hydrogen-bond acceptors (Lipinski definition) is 5. The number of rotatable bonds is 9. The number of halogens is 1. The number of carbonyl (C=O) groups is 1. The summed E-state index contributed by atoms with van der Waals surface area (Å²) in [6.07, 6.45) is 0.684. The van der Waals surface area contributed by atoms with E-state index >= 15 is 0 Å². The Morgan fingerprint density at radius 3 is 2.58 bits per heavy atom. The van der Waals surface area contributed by atoms with Crippen molar-refractivity contribution in [1.82, 2.24) is 9.21 Å². The molecule has 6 nitrogen and oxygen atoms in total.